The van der Waals surface area contributed by atoms with Gasteiger partial charge in [-0.15, -0.1) is 5.10 Å². The summed E-state index contributed by atoms with van der Waals surface area (Å²) in [5.41, 5.74) is 0.982. The van der Waals surface area contributed by atoms with Crippen molar-refractivity contribution in [2.45, 2.75) is 18.9 Å². The molecule has 8 nitrogen and oxygen atoms in total. The van der Waals surface area contributed by atoms with Gasteiger partial charge in [0.05, 0.1) is 12.7 Å². The van der Waals surface area contributed by atoms with Crippen molar-refractivity contribution < 1.29 is 23.3 Å². The van der Waals surface area contributed by atoms with Gasteiger partial charge < -0.3 is 18.8 Å². The van der Waals surface area contributed by atoms with Crippen molar-refractivity contribution in [2.75, 3.05) is 13.2 Å². The van der Waals surface area contributed by atoms with Gasteiger partial charge in [-0.1, -0.05) is 17.0 Å². The zero-order chi connectivity index (χ0) is 14.0. The van der Waals surface area contributed by atoms with E-state index in [2.05, 4.69) is 10.3 Å². The summed E-state index contributed by atoms with van der Waals surface area (Å²) in [6.45, 7) is 0.583. The third-order valence-electron chi connectivity index (χ3n) is 2.94. The number of hydrogen-bond acceptors (Lipinski definition) is 7. The maximum absolute atomic E-state index is 11.7. The number of nitrogens with zero attached hydrogens (tertiary/aromatic N) is 3. The van der Waals surface area contributed by atoms with Crippen molar-refractivity contribution in [3.63, 3.8) is 0 Å². The van der Waals surface area contributed by atoms with E-state index in [4.69, 9.17) is 13.9 Å². The summed E-state index contributed by atoms with van der Waals surface area (Å²) >= 11 is 0. The highest BCUT2D eigenvalue weighted by atomic mass is 31.2. The fourth-order valence-corrected chi connectivity index (χ4v) is 2.68. The minimum Gasteiger partial charge on any atom is -0.745 e. The van der Waals surface area contributed by atoms with Gasteiger partial charge in [0.25, 0.3) is 0 Å². The van der Waals surface area contributed by atoms with Crippen LogP contribution in [0.25, 0.3) is 11.0 Å². The third-order valence-corrected chi connectivity index (χ3v) is 3.76. The van der Waals surface area contributed by atoms with Crippen LogP contribution in [-0.2, 0) is 13.8 Å². The Bertz CT molecular complexity index is 640. The van der Waals surface area contributed by atoms with Gasteiger partial charge in [0.1, 0.15) is 11.0 Å². The van der Waals surface area contributed by atoms with Crippen LogP contribution in [0.4, 0.5) is 0 Å². The van der Waals surface area contributed by atoms with Crippen molar-refractivity contribution in [3.8, 4) is 0 Å². The van der Waals surface area contributed by atoms with Gasteiger partial charge in [-0.2, -0.15) is 0 Å². The van der Waals surface area contributed by atoms with Gasteiger partial charge in [-0.3, -0.25) is 4.57 Å². The molecule has 2 heterocycles. The first-order valence-corrected chi connectivity index (χ1v) is 7.68. The summed E-state index contributed by atoms with van der Waals surface area (Å²) in [6, 6.07) is 6.85. The van der Waals surface area contributed by atoms with Gasteiger partial charge in [0, 0.05) is 6.61 Å². The molecule has 0 radical (unpaired) electrons. The van der Waals surface area contributed by atoms with E-state index in [1.807, 2.05) is 0 Å². The standard InChI is InChI=1S/C11H14N3O5P/c15-20(16,18-8-9-4-3-7-17-9)19-14-11-6-2-1-5-10(11)12-13-14/h1-2,5-6,9H,3-4,7-8H2,(H,15,16)/p-1. The number of ether oxygens (including phenoxy) is 1. The van der Waals surface area contributed by atoms with Crippen LogP contribution in [0.3, 0.4) is 0 Å². The molecule has 0 spiro atoms. The fourth-order valence-electron chi connectivity index (χ4n) is 1.98. The Balaban J connectivity index is 1.67. The van der Waals surface area contributed by atoms with Crippen LogP contribution in [0.15, 0.2) is 24.3 Å². The van der Waals surface area contributed by atoms with Gasteiger partial charge in [0.2, 0.25) is 0 Å². The van der Waals surface area contributed by atoms with E-state index >= 15 is 0 Å². The molecule has 108 valence electrons. The molecule has 2 aromatic rings. The molecule has 0 aliphatic carbocycles. The molecule has 1 saturated heterocycles. The molecule has 1 aromatic heterocycles. The van der Waals surface area contributed by atoms with E-state index < -0.39 is 7.82 Å². The monoisotopic (exact) mass is 298 g/mol. The van der Waals surface area contributed by atoms with Crippen LogP contribution in [0, 0.1) is 0 Å². The van der Waals surface area contributed by atoms with Gasteiger partial charge in [0.15, 0.2) is 0 Å². The predicted molar refractivity (Wildman–Crippen MR) is 66.6 cm³/mol. The highest BCUT2D eigenvalue weighted by Gasteiger charge is 2.21. The Morgan fingerprint density at radius 2 is 2.35 bits per heavy atom. The highest BCUT2D eigenvalue weighted by Crippen LogP contribution is 2.35. The fraction of sp³-hybridized carbons (Fsp3) is 0.455. The van der Waals surface area contributed by atoms with Crippen molar-refractivity contribution >= 4 is 18.9 Å². The minimum atomic E-state index is -4.51. The summed E-state index contributed by atoms with van der Waals surface area (Å²) in [4.78, 5) is 12.6. The van der Waals surface area contributed by atoms with Crippen LogP contribution in [0.1, 0.15) is 12.8 Å². The molecule has 20 heavy (non-hydrogen) atoms. The number of rotatable bonds is 5. The number of phosphoric acid groups is 1. The molecule has 2 atom stereocenters. The van der Waals surface area contributed by atoms with Gasteiger partial charge >= 0.3 is 7.82 Å². The van der Waals surface area contributed by atoms with Gasteiger partial charge in [-0.05, 0) is 30.2 Å². The number of benzene rings is 1. The number of phosphoric ester groups is 1. The van der Waals surface area contributed by atoms with Crippen LogP contribution >= 0.6 is 7.82 Å². The second kappa shape index (κ2) is 5.49. The Morgan fingerprint density at radius 3 is 3.15 bits per heavy atom. The topological polar surface area (TPSA) is 98.5 Å². The first-order valence-electron chi connectivity index (χ1n) is 6.22. The molecule has 0 bridgehead atoms. The second-order valence-electron chi connectivity index (χ2n) is 4.41. The predicted octanol–water partition coefficient (Wildman–Crippen LogP) is 0.524. The molecular weight excluding hydrogens is 285 g/mol. The summed E-state index contributed by atoms with van der Waals surface area (Å²) in [6.07, 6.45) is 1.49. The normalized spacial score (nSPS) is 21.9. The number of hydrogen-bond donors (Lipinski definition) is 0. The van der Waals surface area contributed by atoms with Crippen molar-refractivity contribution in [3.05, 3.63) is 24.3 Å². The molecule has 2 unspecified atom stereocenters. The molecule has 9 heteroatoms. The highest BCUT2D eigenvalue weighted by molar-refractivity contribution is 7.46. The van der Waals surface area contributed by atoms with Crippen LogP contribution in [-0.4, -0.2) is 34.5 Å². The Morgan fingerprint density at radius 1 is 1.50 bits per heavy atom. The molecule has 1 aromatic carbocycles. The molecule has 1 fully saturated rings. The molecule has 0 N–H and O–H groups in total. The maximum Gasteiger partial charge on any atom is 0.343 e. The summed E-state index contributed by atoms with van der Waals surface area (Å²) < 4.78 is 26.6. The van der Waals surface area contributed by atoms with Crippen molar-refractivity contribution in [2.24, 2.45) is 0 Å². The largest absolute Gasteiger partial charge is 0.745 e. The molecule has 1 aliphatic heterocycles. The number of aromatic nitrogens is 3. The zero-order valence-corrected chi connectivity index (χ0v) is 11.4. The third kappa shape index (κ3) is 2.99. The Kier molecular flexibility index (Phi) is 3.71. The number of para-hydroxylation sites is 1. The van der Waals surface area contributed by atoms with Crippen LogP contribution < -0.4 is 9.52 Å². The quantitative estimate of drug-likeness (QED) is 0.742. The summed E-state index contributed by atoms with van der Waals surface area (Å²) in [5.74, 6) is 0. The van der Waals surface area contributed by atoms with Crippen molar-refractivity contribution in [1.29, 1.82) is 0 Å². The number of fused-ring (bicyclic) bond motifs is 1. The second-order valence-corrected chi connectivity index (χ2v) is 5.73. The molecule has 3 rings (SSSR count). The summed E-state index contributed by atoms with van der Waals surface area (Å²) in [5, 5.41) is 7.41. The van der Waals surface area contributed by atoms with Crippen molar-refractivity contribution in [1.82, 2.24) is 15.2 Å². The maximum atomic E-state index is 11.7. The average Bonchev–Trinajstić information content (AvgIpc) is 3.07. The first kappa shape index (κ1) is 13.5. The smallest absolute Gasteiger partial charge is 0.343 e. The lowest BCUT2D eigenvalue weighted by Crippen LogP contribution is -2.23. The van der Waals surface area contributed by atoms with E-state index in [-0.39, 0.29) is 12.7 Å². The van der Waals surface area contributed by atoms with Crippen LogP contribution in [0.2, 0.25) is 0 Å². The lowest BCUT2D eigenvalue weighted by molar-refractivity contribution is -0.228. The molecule has 1 aliphatic rings. The SMILES string of the molecule is O=P([O-])(OCC1CCCO1)On1nnc2ccccc21. The Hall–Kier alpha value is -1.47. The summed E-state index contributed by atoms with van der Waals surface area (Å²) in [7, 11) is -4.51. The van der Waals surface area contributed by atoms with E-state index in [1.54, 1.807) is 24.3 Å². The molecular formula is C11H13N3O5P-. The molecule has 0 saturated carbocycles. The lowest BCUT2D eigenvalue weighted by atomic mass is 10.2. The first-order chi connectivity index (χ1) is 9.64. The van der Waals surface area contributed by atoms with E-state index in [0.29, 0.717) is 17.6 Å². The van der Waals surface area contributed by atoms with Crippen LogP contribution in [0.5, 0.6) is 0 Å². The lowest BCUT2D eigenvalue weighted by Gasteiger charge is -2.23. The zero-order valence-electron chi connectivity index (χ0n) is 10.5. The van der Waals surface area contributed by atoms with E-state index in [0.717, 1.165) is 17.7 Å². The average molecular weight is 298 g/mol. The Labute approximate surface area is 114 Å². The van der Waals surface area contributed by atoms with E-state index in [9.17, 15) is 9.46 Å². The van der Waals surface area contributed by atoms with E-state index in [1.165, 1.54) is 0 Å². The van der Waals surface area contributed by atoms with Gasteiger partial charge in [-0.25, -0.2) is 0 Å². The minimum absolute atomic E-state index is 0.0482. The molecule has 0 amide bonds.